The highest BCUT2D eigenvalue weighted by atomic mass is 32.1. The fourth-order valence-corrected chi connectivity index (χ4v) is 4.30. The van der Waals surface area contributed by atoms with Crippen molar-refractivity contribution in [3.8, 4) is 33.2 Å². The highest BCUT2D eigenvalue weighted by molar-refractivity contribution is 7.15. The molecule has 7 nitrogen and oxygen atoms in total. The molecular formula is C25H21N3O4S. The molecule has 8 heteroatoms. The van der Waals surface area contributed by atoms with Crippen LogP contribution in [0.3, 0.4) is 0 Å². The number of thiophene rings is 1. The molecule has 0 spiro atoms. The predicted octanol–water partition coefficient (Wildman–Crippen LogP) is 5.63. The van der Waals surface area contributed by atoms with Crippen molar-refractivity contribution in [1.29, 1.82) is 0 Å². The summed E-state index contributed by atoms with van der Waals surface area (Å²) in [6.45, 7) is 6.49. The number of carbonyl (C=O) groups is 2. The first-order chi connectivity index (χ1) is 15.6. The van der Waals surface area contributed by atoms with E-state index in [-0.39, 0.29) is 27.9 Å². The molecule has 0 saturated carbocycles. The molecule has 0 aliphatic heterocycles. The van der Waals surface area contributed by atoms with Gasteiger partial charge in [-0.1, -0.05) is 20.8 Å². The van der Waals surface area contributed by atoms with Gasteiger partial charge in [0, 0.05) is 22.1 Å². The lowest BCUT2D eigenvalue weighted by Gasteiger charge is -2.15. The van der Waals surface area contributed by atoms with Gasteiger partial charge in [0.25, 0.3) is 0 Å². The van der Waals surface area contributed by atoms with Crippen LogP contribution in [0.1, 0.15) is 46.4 Å². The molecule has 4 aromatic heterocycles. The number of nitrogens with zero attached hydrogens (tertiary/aromatic N) is 3. The zero-order valence-electron chi connectivity index (χ0n) is 18.2. The molecule has 0 aliphatic carbocycles. The molecule has 0 radical (unpaired) electrons. The van der Waals surface area contributed by atoms with Crippen LogP contribution in [0, 0.1) is 0 Å². The van der Waals surface area contributed by atoms with Gasteiger partial charge in [-0.3, -0.25) is 9.97 Å². The van der Waals surface area contributed by atoms with Crippen molar-refractivity contribution in [2.75, 3.05) is 0 Å². The van der Waals surface area contributed by atoms with Gasteiger partial charge in [-0.25, -0.2) is 14.6 Å². The summed E-state index contributed by atoms with van der Waals surface area (Å²) in [4.78, 5) is 38.6. The Bertz CT molecular complexity index is 1370. The van der Waals surface area contributed by atoms with Crippen LogP contribution in [0.5, 0.6) is 0 Å². The minimum atomic E-state index is -1.13. The third kappa shape index (κ3) is 4.80. The second-order valence-electron chi connectivity index (χ2n) is 8.51. The molecule has 0 atom stereocenters. The minimum Gasteiger partial charge on any atom is -0.478 e. The summed E-state index contributed by atoms with van der Waals surface area (Å²) in [7, 11) is 0. The molecule has 4 aromatic rings. The van der Waals surface area contributed by atoms with Crippen LogP contribution in [0.2, 0.25) is 0 Å². The Morgan fingerprint density at radius 1 is 0.758 bits per heavy atom. The monoisotopic (exact) mass is 459 g/mol. The zero-order valence-corrected chi connectivity index (χ0v) is 19.1. The minimum absolute atomic E-state index is 0.0101. The van der Waals surface area contributed by atoms with Crippen molar-refractivity contribution in [2.45, 2.75) is 26.2 Å². The van der Waals surface area contributed by atoms with Crippen molar-refractivity contribution >= 4 is 23.3 Å². The maximum absolute atomic E-state index is 11.8. The topological polar surface area (TPSA) is 113 Å². The lowest BCUT2D eigenvalue weighted by atomic mass is 9.95. The average Bonchev–Trinajstić information content (AvgIpc) is 3.30. The highest BCUT2D eigenvalue weighted by Gasteiger charge is 2.18. The van der Waals surface area contributed by atoms with Gasteiger partial charge in [-0.2, -0.15) is 0 Å². The maximum Gasteiger partial charge on any atom is 0.335 e. The molecule has 4 rings (SSSR count). The van der Waals surface area contributed by atoms with Crippen LogP contribution in [0.15, 0.2) is 60.9 Å². The van der Waals surface area contributed by atoms with Crippen LogP contribution >= 0.6 is 11.3 Å². The molecule has 0 bridgehead atoms. The van der Waals surface area contributed by atoms with E-state index in [1.165, 1.54) is 35.3 Å². The van der Waals surface area contributed by atoms with E-state index in [1.807, 2.05) is 12.1 Å². The molecule has 166 valence electrons. The first-order valence-electron chi connectivity index (χ1n) is 10.1. The summed E-state index contributed by atoms with van der Waals surface area (Å²) in [5.41, 5.74) is 2.44. The molecule has 0 saturated heterocycles. The van der Waals surface area contributed by atoms with E-state index in [0.717, 1.165) is 10.4 Å². The van der Waals surface area contributed by atoms with Gasteiger partial charge in [0.05, 0.1) is 33.9 Å². The molecule has 0 unspecified atom stereocenters. The van der Waals surface area contributed by atoms with Gasteiger partial charge in [-0.05, 0) is 59.5 Å². The van der Waals surface area contributed by atoms with Crippen molar-refractivity contribution < 1.29 is 19.8 Å². The van der Waals surface area contributed by atoms with E-state index in [9.17, 15) is 19.8 Å². The van der Waals surface area contributed by atoms with Crippen molar-refractivity contribution in [1.82, 2.24) is 15.0 Å². The predicted molar refractivity (Wildman–Crippen MR) is 127 cm³/mol. The number of pyridine rings is 3. The SMILES string of the molecule is CC(C)(C)c1ccc(-c2ccnc(-c3cc(C(=O)O)cc(-c4cc(C(=O)O)ccn4)n3)c2)s1. The Balaban J connectivity index is 1.80. The van der Waals surface area contributed by atoms with E-state index < -0.39 is 11.9 Å². The molecule has 0 aromatic carbocycles. The smallest absolute Gasteiger partial charge is 0.335 e. The number of carboxylic acids is 2. The summed E-state index contributed by atoms with van der Waals surface area (Å²) in [5.74, 6) is -2.23. The number of aromatic carboxylic acids is 2. The summed E-state index contributed by atoms with van der Waals surface area (Å²) >= 11 is 1.70. The standard InChI is InChI=1S/C25H21N3O4S/c1-25(2,3)22-5-4-21(33-22)14-6-8-26-17(10-14)19-12-16(24(31)32)13-20(28-19)18-11-15(23(29)30)7-9-27-18/h4-13H,1-3H3,(H,29,30)(H,31,32). The summed E-state index contributed by atoms with van der Waals surface area (Å²) in [5, 5.41) is 18.9. The first-order valence-corrected chi connectivity index (χ1v) is 11.0. The molecule has 33 heavy (non-hydrogen) atoms. The molecule has 2 N–H and O–H groups in total. The fraction of sp³-hybridized carbons (Fsp3) is 0.160. The maximum atomic E-state index is 11.8. The van der Waals surface area contributed by atoms with Gasteiger partial charge in [-0.15, -0.1) is 11.3 Å². The quantitative estimate of drug-likeness (QED) is 0.398. The van der Waals surface area contributed by atoms with Crippen LogP contribution in [-0.4, -0.2) is 37.1 Å². The summed E-state index contributed by atoms with van der Waals surface area (Å²) < 4.78 is 0. The van der Waals surface area contributed by atoms with Gasteiger partial charge in [0.2, 0.25) is 0 Å². The largest absolute Gasteiger partial charge is 0.478 e. The zero-order chi connectivity index (χ0) is 23.8. The Hall–Kier alpha value is -3.91. The van der Waals surface area contributed by atoms with Gasteiger partial charge < -0.3 is 10.2 Å². The number of hydrogen-bond acceptors (Lipinski definition) is 6. The third-order valence-corrected chi connectivity index (χ3v) is 6.55. The molecule has 0 amide bonds. The van der Waals surface area contributed by atoms with E-state index >= 15 is 0 Å². The highest BCUT2D eigenvalue weighted by Crippen LogP contribution is 2.36. The Morgan fingerprint density at radius 3 is 1.91 bits per heavy atom. The van der Waals surface area contributed by atoms with Crippen molar-refractivity contribution in [2.24, 2.45) is 0 Å². The van der Waals surface area contributed by atoms with E-state index in [4.69, 9.17) is 0 Å². The normalized spacial score (nSPS) is 11.4. The van der Waals surface area contributed by atoms with Gasteiger partial charge >= 0.3 is 11.9 Å². The average molecular weight is 460 g/mol. The first kappa shape index (κ1) is 22.3. The van der Waals surface area contributed by atoms with Crippen LogP contribution in [0.4, 0.5) is 0 Å². The Morgan fingerprint density at radius 2 is 1.33 bits per heavy atom. The Labute approximate surface area is 194 Å². The number of rotatable bonds is 5. The summed E-state index contributed by atoms with van der Waals surface area (Å²) in [6.07, 6.45) is 3.02. The van der Waals surface area contributed by atoms with E-state index in [2.05, 4.69) is 47.9 Å². The molecular weight excluding hydrogens is 438 g/mol. The Kier molecular flexibility index (Phi) is 5.78. The van der Waals surface area contributed by atoms with Crippen LogP contribution < -0.4 is 0 Å². The van der Waals surface area contributed by atoms with Gasteiger partial charge in [0.15, 0.2) is 0 Å². The molecule has 0 fully saturated rings. The third-order valence-electron chi connectivity index (χ3n) is 4.99. The van der Waals surface area contributed by atoms with E-state index in [1.54, 1.807) is 17.5 Å². The lowest BCUT2D eigenvalue weighted by Crippen LogP contribution is -2.07. The number of aromatic nitrogens is 3. The summed E-state index contributed by atoms with van der Waals surface area (Å²) in [6, 6.07) is 13.5. The second-order valence-corrected chi connectivity index (χ2v) is 9.59. The van der Waals surface area contributed by atoms with Gasteiger partial charge in [0.1, 0.15) is 0 Å². The van der Waals surface area contributed by atoms with Crippen molar-refractivity contribution in [3.05, 3.63) is 76.9 Å². The molecule has 4 heterocycles. The second kappa shape index (κ2) is 8.55. The van der Waals surface area contributed by atoms with Crippen molar-refractivity contribution in [3.63, 3.8) is 0 Å². The van der Waals surface area contributed by atoms with Crippen LogP contribution in [0.25, 0.3) is 33.2 Å². The van der Waals surface area contributed by atoms with E-state index in [0.29, 0.717) is 11.4 Å². The number of hydrogen-bond donors (Lipinski definition) is 2. The fourth-order valence-electron chi connectivity index (χ4n) is 3.24. The molecule has 0 aliphatic rings. The van der Waals surface area contributed by atoms with Crippen LogP contribution in [-0.2, 0) is 5.41 Å². The number of carboxylic acid groups (broad SMARTS) is 2. The lowest BCUT2D eigenvalue weighted by molar-refractivity contribution is 0.0686.